The Bertz CT molecular complexity index is 775. The average molecular weight is 322 g/mol. The summed E-state index contributed by atoms with van der Waals surface area (Å²) in [6.45, 7) is 0.881. The highest BCUT2D eigenvalue weighted by molar-refractivity contribution is 5.98. The minimum absolute atomic E-state index is 0.304. The fraction of sp³-hybridized carbons (Fsp3) is 0.400. The van der Waals surface area contributed by atoms with Crippen molar-refractivity contribution >= 4 is 5.71 Å². The van der Waals surface area contributed by atoms with E-state index in [1.54, 1.807) is 4.68 Å². The van der Waals surface area contributed by atoms with E-state index >= 15 is 0 Å². The van der Waals surface area contributed by atoms with Crippen LogP contribution in [0.1, 0.15) is 35.4 Å². The maximum absolute atomic E-state index is 12.6. The summed E-state index contributed by atoms with van der Waals surface area (Å²) in [6, 6.07) is 4.99. The third-order valence-corrected chi connectivity index (χ3v) is 4.34. The summed E-state index contributed by atoms with van der Waals surface area (Å²) in [5.74, 6) is 0. The van der Waals surface area contributed by atoms with Crippen LogP contribution in [0.25, 0.3) is 0 Å². The molecule has 0 bridgehead atoms. The highest BCUT2D eigenvalue weighted by Gasteiger charge is 2.53. The zero-order chi connectivity index (χ0) is 16.2. The molecule has 0 saturated carbocycles. The minimum atomic E-state index is -4.34. The number of epoxide rings is 1. The van der Waals surface area contributed by atoms with Gasteiger partial charge in [0.1, 0.15) is 17.0 Å². The van der Waals surface area contributed by atoms with Crippen LogP contribution >= 0.6 is 0 Å². The molecule has 1 aliphatic heterocycles. The summed E-state index contributed by atoms with van der Waals surface area (Å²) in [5.41, 5.74) is 1.35. The molecule has 1 aliphatic carbocycles. The molecule has 5 nitrogen and oxygen atoms in total. The summed E-state index contributed by atoms with van der Waals surface area (Å²) in [6.07, 6.45) is -3.02. The van der Waals surface area contributed by atoms with Gasteiger partial charge in [-0.25, -0.2) is 4.68 Å². The molecular formula is C15H13F3N4O. The molecule has 120 valence electrons. The third-order valence-electron chi connectivity index (χ3n) is 4.34. The number of halogens is 3. The molecule has 2 aromatic rings. The monoisotopic (exact) mass is 322 g/mol. The van der Waals surface area contributed by atoms with E-state index in [4.69, 9.17) is 10.1 Å². The van der Waals surface area contributed by atoms with E-state index in [0.717, 1.165) is 24.2 Å². The first-order valence-corrected chi connectivity index (χ1v) is 7.21. The molecular weight excluding hydrogens is 309 g/mol. The maximum atomic E-state index is 12.6. The van der Waals surface area contributed by atoms with Crippen LogP contribution in [-0.2, 0) is 23.1 Å². The molecule has 0 radical (unpaired) electrons. The van der Waals surface area contributed by atoms with E-state index in [1.807, 2.05) is 0 Å². The summed E-state index contributed by atoms with van der Waals surface area (Å²) in [7, 11) is 0. The number of hydrogen-bond acceptors (Lipinski definition) is 4. The van der Waals surface area contributed by atoms with Crippen LogP contribution in [0.4, 0.5) is 13.2 Å². The second-order valence-corrected chi connectivity index (χ2v) is 5.90. The van der Waals surface area contributed by atoms with Gasteiger partial charge in [0, 0.05) is 0 Å². The van der Waals surface area contributed by atoms with Crippen LogP contribution in [0, 0.1) is 5.41 Å². The molecule has 1 saturated heterocycles. The van der Waals surface area contributed by atoms with Gasteiger partial charge in [0.2, 0.25) is 0 Å². The Balaban J connectivity index is 1.65. The molecule has 1 fully saturated rings. The lowest BCUT2D eigenvalue weighted by molar-refractivity contribution is -0.137. The molecule has 1 aromatic carbocycles. The van der Waals surface area contributed by atoms with Crippen molar-refractivity contribution in [1.82, 2.24) is 15.0 Å². The normalized spacial score (nSPS) is 23.2. The Kier molecular flexibility index (Phi) is 2.90. The molecule has 1 unspecified atom stereocenters. The summed E-state index contributed by atoms with van der Waals surface area (Å²) < 4.78 is 45.0. The van der Waals surface area contributed by atoms with Gasteiger partial charge in [-0.1, -0.05) is 17.3 Å². The van der Waals surface area contributed by atoms with Crippen molar-refractivity contribution < 1.29 is 17.9 Å². The van der Waals surface area contributed by atoms with Crippen LogP contribution in [0.5, 0.6) is 0 Å². The number of nitrogens with zero attached hydrogens (tertiary/aromatic N) is 3. The predicted octanol–water partition coefficient (Wildman–Crippen LogP) is 2.73. The number of hydrogen-bond donors (Lipinski definition) is 1. The lowest BCUT2D eigenvalue weighted by Gasteiger charge is -2.20. The molecule has 8 heteroatoms. The standard InChI is InChI=1S/C15H13F3N4O/c16-15(17,18)10-3-1-9(2-4-10)7-22-13-12(20-21-22)11(19)5-6-14(13)8-23-14/h1-4,19H,5-8H2. The van der Waals surface area contributed by atoms with Gasteiger partial charge >= 0.3 is 6.18 Å². The number of ether oxygens (including phenoxy) is 1. The summed E-state index contributed by atoms with van der Waals surface area (Å²) >= 11 is 0. The molecule has 4 rings (SSSR count). The smallest absolute Gasteiger partial charge is 0.363 e. The van der Waals surface area contributed by atoms with Crippen LogP contribution in [-0.4, -0.2) is 27.3 Å². The van der Waals surface area contributed by atoms with Crippen LogP contribution in [0.3, 0.4) is 0 Å². The van der Waals surface area contributed by atoms with E-state index in [0.29, 0.717) is 36.5 Å². The number of rotatable bonds is 2. The number of benzene rings is 1. The Morgan fingerprint density at radius 3 is 2.57 bits per heavy atom. The molecule has 1 N–H and O–H groups in total. The molecule has 2 aliphatic rings. The molecule has 1 aromatic heterocycles. The zero-order valence-corrected chi connectivity index (χ0v) is 12.0. The average Bonchev–Trinajstić information content (AvgIpc) is 3.15. The number of alkyl halides is 3. The molecule has 1 spiro atoms. The predicted molar refractivity (Wildman–Crippen MR) is 74.3 cm³/mol. The Labute approximate surface area is 129 Å². The van der Waals surface area contributed by atoms with Crippen molar-refractivity contribution in [3.63, 3.8) is 0 Å². The maximum Gasteiger partial charge on any atom is 0.416 e. The lowest BCUT2D eigenvalue weighted by Crippen LogP contribution is -2.25. The van der Waals surface area contributed by atoms with Crippen molar-refractivity contribution in [2.75, 3.05) is 6.61 Å². The number of aromatic nitrogens is 3. The van der Waals surface area contributed by atoms with Crippen LogP contribution in [0.2, 0.25) is 0 Å². The van der Waals surface area contributed by atoms with E-state index in [2.05, 4.69) is 10.3 Å². The van der Waals surface area contributed by atoms with Crippen molar-refractivity contribution in [2.24, 2.45) is 0 Å². The van der Waals surface area contributed by atoms with Crippen molar-refractivity contribution in [1.29, 1.82) is 5.41 Å². The van der Waals surface area contributed by atoms with Gasteiger partial charge in [0.05, 0.1) is 24.4 Å². The van der Waals surface area contributed by atoms with Crippen molar-refractivity contribution in [2.45, 2.75) is 31.2 Å². The highest BCUT2D eigenvalue weighted by Crippen LogP contribution is 2.47. The topological polar surface area (TPSA) is 67.1 Å². The Morgan fingerprint density at radius 1 is 1.26 bits per heavy atom. The van der Waals surface area contributed by atoms with Crippen LogP contribution in [0.15, 0.2) is 24.3 Å². The number of fused-ring (bicyclic) bond motifs is 2. The van der Waals surface area contributed by atoms with Gasteiger partial charge in [-0.15, -0.1) is 5.10 Å². The van der Waals surface area contributed by atoms with Gasteiger partial charge < -0.3 is 10.1 Å². The van der Waals surface area contributed by atoms with Crippen molar-refractivity contribution in [3.05, 3.63) is 46.8 Å². The van der Waals surface area contributed by atoms with Gasteiger partial charge in [0.25, 0.3) is 0 Å². The van der Waals surface area contributed by atoms with Crippen molar-refractivity contribution in [3.8, 4) is 0 Å². The van der Waals surface area contributed by atoms with Gasteiger partial charge in [-0.3, -0.25) is 0 Å². The van der Waals surface area contributed by atoms with E-state index < -0.39 is 17.3 Å². The fourth-order valence-corrected chi connectivity index (χ4v) is 2.98. The Hall–Kier alpha value is -2.22. The highest BCUT2D eigenvalue weighted by atomic mass is 19.4. The molecule has 1 atom stereocenters. The van der Waals surface area contributed by atoms with E-state index in [9.17, 15) is 13.2 Å². The number of nitrogens with one attached hydrogen (secondary N) is 1. The fourth-order valence-electron chi connectivity index (χ4n) is 2.98. The molecule has 2 heterocycles. The summed E-state index contributed by atoms with van der Waals surface area (Å²) in [5, 5.41) is 16.1. The molecule has 0 amide bonds. The largest absolute Gasteiger partial charge is 0.416 e. The third kappa shape index (κ3) is 2.33. The molecule has 23 heavy (non-hydrogen) atoms. The second kappa shape index (κ2) is 4.64. The second-order valence-electron chi connectivity index (χ2n) is 5.90. The first-order chi connectivity index (χ1) is 10.9. The first-order valence-electron chi connectivity index (χ1n) is 7.21. The quantitative estimate of drug-likeness (QED) is 0.865. The van der Waals surface area contributed by atoms with E-state index in [-0.39, 0.29) is 0 Å². The van der Waals surface area contributed by atoms with Gasteiger partial charge in [-0.2, -0.15) is 13.2 Å². The minimum Gasteiger partial charge on any atom is -0.363 e. The first kappa shape index (κ1) is 14.4. The van der Waals surface area contributed by atoms with E-state index in [1.165, 1.54) is 12.1 Å². The van der Waals surface area contributed by atoms with Crippen LogP contribution < -0.4 is 0 Å². The van der Waals surface area contributed by atoms with Gasteiger partial charge in [-0.05, 0) is 30.5 Å². The lowest BCUT2D eigenvalue weighted by atomic mass is 9.88. The zero-order valence-electron chi connectivity index (χ0n) is 12.0. The SMILES string of the molecule is N=C1CCC2(CO2)c2c1nnn2Cc1ccc(C(F)(F)F)cc1. The summed E-state index contributed by atoms with van der Waals surface area (Å²) in [4.78, 5) is 0. The Morgan fingerprint density at radius 2 is 1.96 bits per heavy atom. The van der Waals surface area contributed by atoms with Gasteiger partial charge in [0.15, 0.2) is 0 Å².